The van der Waals surface area contributed by atoms with Gasteiger partial charge in [-0.2, -0.15) is 0 Å². The normalized spacial score (nSPS) is 28.9. The van der Waals surface area contributed by atoms with Crippen molar-refractivity contribution in [2.24, 2.45) is 5.92 Å². The van der Waals surface area contributed by atoms with Crippen molar-refractivity contribution in [3.05, 3.63) is 35.4 Å². The second kappa shape index (κ2) is 5.88. The third-order valence-corrected chi connectivity index (χ3v) is 4.51. The lowest BCUT2D eigenvalue weighted by molar-refractivity contribution is 0.0189. The van der Waals surface area contributed by atoms with Crippen LogP contribution in [0.2, 0.25) is 0 Å². The molecule has 0 saturated heterocycles. The van der Waals surface area contributed by atoms with E-state index >= 15 is 0 Å². The summed E-state index contributed by atoms with van der Waals surface area (Å²) in [6.45, 7) is 4.38. The van der Waals surface area contributed by atoms with Crippen LogP contribution < -0.4 is 0 Å². The molecule has 0 amide bonds. The third-order valence-electron chi connectivity index (χ3n) is 4.51. The summed E-state index contributed by atoms with van der Waals surface area (Å²) in [7, 11) is 0. The van der Waals surface area contributed by atoms with E-state index in [4.69, 9.17) is 0 Å². The van der Waals surface area contributed by atoms with E-state index in [0.29, 0.717) is 0 Å². The topological polar surface area (TPSA) is 20.2 Å². The van der Waals surface area contributed by atoms with Crippen LogP contribution in [-0.2, 0) is 5.60 Å². The van der Waals surface area contributed by atoms with Gasteiger partial charge in [0.05, 0.1) is 5.60 Å². The molecule has 0 aromatic heterocycles. The van der Waals surface area contributed by atoms with Gasteiger partial charge in [-0.05, 0) is 49.7 Å². The second-order valence-corrected chi connectivity index (χ2v) is 5.93. The Bertz CT molecular complexity index is 385. The molecule has 1 fully saturated rings. The maximum Gasteiger partial charge on any atom is 0.0899 e. The van der Waals surface area contributed by atoms with Crippen molar-refractivity contribution < 1.29 is 5.11 Å². The van der Waals surface area contributed by atoms with E-state index in [1.807, 2.05) is 0 Å². The quantitative estimate of drug-likeness (QED) is 0.775. The van der Waals surface area contributed by atoms with Crippen molar-refractivity contribution in [1.29, 1.82) is 0 Å². The van der Waals surface area contributed by atoms with Crippen LogP contribution >= 0.6 is 0 Å². The summed E-state index contributed by atoms with van der Waals surface area (Å²) < 4.78 is 0. The second-order valence-electron chi connectivity index (χ2n) is 5.93. The Morgan fingerprint density at radius 2 is 2.00 bits per heavy atom. The van der Waals surface area contributed by atoms with E-state index in [-0.39, 0.29) is 0 Å². The monoisotopic (exact) mass is 246 g/mol. The summed E-state index contributed by atoms with van der Waals surface area (Å²) in [5, 5.41) is 11.0. The van der Waals surface area contributed by atoms with E-state index in [0.717, 1.165) is 30.7 Å². The predicted molar refractivity (Wildman–Crippen MR) is 76.6 cm³/mol. The first kappa shape index (κ1) is 13.6. The Hall–Kier alpha value is -0.820. The van der Waals surface area contributed by atoms with Crippen molar-refractivity contribution in [3.8, 4) is 0 Å². The largest absolute Gasteiger partial charge is 0.385 e. The highest BCUT2D eigenvalue weighted by Gasteiger charge is 2.33. The molecule has 2 rings (SSSR count). The first-order valence-electron chi connectivity index (χ1n) is 7.44. The number of aliphatic hydroxyl groups is 1. The van der Waals surface area contributed by atoms with Gasteiger partial charge in [-0.25, -0.2) is 0 Å². The van der Waals surface area contributed by atoms with Crippen LogP contribution in [0.1, 0.15) is 63.0 Å². The highest BCUT2D eigenvalue weighted by molar-refractivity contribution is 5.31. The molecule has 0 spiro atoms. The van der Waals surface area contributed by atoms with Crippen LogP contribution in [0.3, 0.4) is 0 Å². The molecule has 1 N–H and O–H groups in total. The first-order chi connectivity index (χ1) is 8.65. The van der Waals surface area contributed by atoms with Crippen LogP contribution in [0.5, 0.6) is 0 Å². The summed E-state index contributed by atoms with van der Waals surface area (Å²) in [5.41, 5.74) is 1.81. The van der Waals surface area contributed by atoms with Crippen molar-refractivity contribution in [3.63, 3.8) is 0 Å². The average molecular weight is 246 g/mol. The minimum atomic E-state index is -0.576. The SMILES string of the molecule is CCCC1CCCC(O)(c2ccccc2C)CC1. The van der Waals surface area contributed by atoms with Gasteiger partial charge < -0.3 is 5.11 Å². The van der Waals surface area contributed by atoms with Gasteiger partial charge in [0.25, 0.3) is 0 Å². The zero-order valence-electron chi connectivity index (χ0n) is 11.8. The van der Waals surface area contributed by atoms with Gasteiger partial charge in [0.15, 0.2) is 0 Å². The summed E-state index contributed by atoms with van der Waals surface area (Å²) in [4.78, 5) is 0. The fraction of sp³-hybridized carbons (Fsp3) is 0.647. The lowest BCUT2D eigenvalue weighted by Crippen LogP contribution is -2.25. The molecular weight excluding hydrogens is 220 g/mol. The summed E-state index contributed by atoms with van der Waals surface area (Å²) in [6, 6.07) is 8.32. The zero-order valence-corrected chi connectivity index (χ0v) is 11.8. The molecule has 2 unspecified atom stereocenters. The molecular formula is C17H26O. The fourth-order valence-electron chi connectivity index (χ4n) is 3.46. The zero-order chi connectivity index (χ0) is 13.0. The highest BCUT2D eigenvalue weighted by atomic mass is 16.3. The van der Waals surface area contributed by atoms with Crippen molar-refractivity contribution in [1.82, 2.24) is 0 Å². The molecule has 1 saturated carbocycles. The number of hydrogen-bond acceptors (Lipinski definition) is 1. The summed E-state index contributed by atoms with van der Waals surface area (Å²) in [5.74, 6) is 0.827. The van der Waals surface area contributed by atoms with Crippen molar-refractivity contribution in [2.75, 3.05) is 0 Å². The first-order valence-corrected chi connectivity index (χ1v) is 7.44. The molecule has 1 heteroatoms. The van der Waals surface area contributed by atoms with Crippen LogP contribution in [-0.4, -0.2) is 5.11 Å². The molecule has 1 aromatic rings. The minimum Gasteiger partial charge on any atom is -0.385 e. The van der Waals surface area contributed by atoms with E-state index in [2.05, 4.69) is 38.1 Å². The van der Waals surface area contributed by atoms with Crippen molar-refractivity contribution in [2.45, 2.75) is 64.4 Å². The lowest BCUT2D eigenvalue weighted by atomic mass is 9.83. The van der Waals surface area contributed by atoms with Crippen LogP contribution in [0, 0.1) is 12.8 Å². The Labute approximate surface area is 111 Å². The molecule has 18 heavy (non-hydrogen) atoms. The van der Waals surface area contributed by atoms with E-state index in [1.54, 1.807) is 0 Å². The Balaban J connectivity index is 2.14. The van der Waals surface area contributed by atoms with E-state index in [1.165, 1.54) is 31.2 Å². The maximum absolute atomic E-state index is 11.0. The Kier molecular flexibility index (Phi) is 4.45. The van der Waals surface area contributed by atoms with Crippen molar-refractivity contribution >= 4 is 0 Å². The number of aryl methyl sites for hydroxylation is 1. The van der Waals surface area contributed by atoms with Gasteiger partial charge in [-0.1, -0.05) is 50.5 Å². The molecule has 2 atom stereocenters. The van der Waals surface area contributed by atoms with Gasteiger partial charge in [-0.3, -0.25) is 0 Å². The summed E-state index contributed by atoms with van der Waals surface area (Å²) in [6.07, 6.45) is 8.09. The standard InChI is InChI=1S/C17H26O/c1-3-7-15-9-6-12-17(18,13-11-15)16-10-5-4-8-14(16)2/h4-5,8,10,15,18H,3,6-7,9,11-13H2,1-2H3. The fourth-order valence-corrected chi connectivity index (χ4v) is 3.46. The van der Waals surface area contributed by atoms with E-state index in [9.17, 15) is 5.11 Å². The summed E-state index contributed by atoms with van der Waals surface area (Å²) >= 11 is 0. The maximum atomic E-state index is 11.0. The van der Waals surface area contributed by atoms with Gasteiger partial charge in [-0.15, -0.1) is 0 Å². The average Bonchev–Trinajstić information content (AvgIpc) is 2.54. The molecule has 1 aliphatic carbocycles. The van der Waals surface area contributed by atoms with Gasteiger partial charge in [0.1, 0.15) is 0 Å². The molecule has 1 aliphatic rings. The van der Waals surface area contributed by atoms with Gasteiger partial charge in [0.2, 0.25) is 0 Å². The molecule has 0 radical (unpaired) electrons. The minimum absolute atomic E-state index is 0.576. The predicted octanol–water partition coefficient (Wildman–Crippen LogP) is 4.56. The van der Waals surface area contributed by atoms with Crippen LogP contribution in [0.25, 0.3) is 0 Å². The molecule has 100 valence electrons. The molecule has 1 aromatic carbocycles. The smallest absolute Gasteiger partial charge is 0.0899 e. The van der Waals surface area contributed by atoms with Crippen LogP contribution in [0.4, 0.5) is 0 Å². The molecule has 0 heterocycles. The molecule has 0 bridgehead atoms. The number of rotatable bonds is 3. The molecule has 0 aliphatic heterocycles. The van der Waals surface area contributed by atoms with E-state index < -0.39 is 5.60 Å². The van der Waals surface area contributed by atoms with Crippen LogP contribution in [0.15, 0.2) is 24.3 Å². The van der Waals surface area contributed by atoms with Gasteiger partial charge >= 0.3 is 0 Å². The third kappa shape index (κ3) is 2.95. The Morgan fingerprint density at radius 3 is 2.72 bits per heavy atom. The van der Waals surface area contributed by atoms with Gasteiger partial charge in [0, 0.05) is 0 Å². The highest BCUT2D eigenvalue weighted by Crippen LogP contribution is 2.40. The Morgan fingerprint density at radius 1 is 1.22 bits per heavy atom. The number of hydrogen-bond donors (Lipinski definition) is 1. The lowest BCUT2D eigenvalue weighted by Gasteiger charge is -2.29. The molecule has 1 nitrogen and oxygen atoms in total. The number of benzene rings is 1.